The molecule has 0 aliphatic heterocycles. The van der Waals surface area contributed by atoms with E-state index in [0.717, 1.165) is 16.7 Å². The van der Waals surface area contributed by atoms with Crippen LogP contribution in [0.4, 0.5) is 0 Å². The summed E-state index contributed by atoms with van der Waals surface area (Å²) in [6.45, 7) is 3.72. The highest BCUT2D eigenvalue weighted by molar-refractivity contribution is 7.80. The van der Waals surface area contributed by atoms with Gasteiger partial charge >= 0.3 is 5.97 Å². The Morgan fingerprint density at radius 2 is 2.00 bits per heavy atom. The van der Waals surface area contributed by atoms with Crippen molar-refractivity contribution in [2.24, 2.45) is 5.73 Å². The lowest BCUT2D eigenvalue weighted by Gasteiger charge is -2.11. The van der Waals surface area contributed by atoms with Crippen molar-refractivity contribution >= 4 is 23.2 Å². The highest BCUT2D eigenvalue weighted by Crippen LogP contribution is 2.18. The summed E-state index contributed by atoms with van der Waals surface area (Å²) in [5, 5.41) is 0. The van der Waals surface area contributed by atoms with Gasteiger partial charge in [0.1, 0.15) is 4.99 Å². The molecule has 0 bridgehead atoms. The van der Waals surface area contributed by atoms with Gasteiger partial charge in [0.2, 0.25) is 0 Å². The van der Waals surface area contributed by atoms with E-state index in [9.17, 15) is 4.79 Å². The average molecular weight is 223 g/mol. The number of carbonyl (C=O) groups excluding carboxylic acids is 1. The van der Waals surface area contributed by atoms with E-state index < -0.39 is 0 Å². The Hall–Kier alpha value is -1.42. The van der Waals surface area contributed by atoms with Gasteiger partial charge in [0.25, 0.3) is 0 Å². The second-order valence-electron chi connectivity index (χ2n) is 3.29. The maximum absolute atomic E-state index is 11.4. The Balaban J connectivity index is 3.41. The third-order valence-corrected chi connectivity index (χ3v) is 2.53. The molecule has 0 saturated carbocycles. The van der Waals surface area contributed by atoms with Gasteiger partial charge in [0, 0.05) is 5.56 Å². The number of hydrogen-bond acceptors (Lipinski definition) is 3. The standard InChI is InChI=1S/C11H13NO2S/c1-6-4-5-8(11(13)14-3)7(2)9(6)10(12)15/h4-5H,1-3H3,(H2,12,15). The minimum Gasteiger partial charge on any atom is -0.465 e. The summed E-state index contributed by atoms with van der Waals surface area (Å²) >= 11 is 4.95. The summed E-state index contributed by atoms with van der Waals surface area (Å²) in [6, 6.07) is 3.53. The molecule has 0 aromatic heterocycles. The lowest BCUT2D eigenvalue weighted by atomic mass is 9.97. The van der Waals surface area contributed by atoms with E-state index in [1.807, 2.05) is 19.9 Å². The molecule has 0 radical (unpaired) electrons. The molecule has 0 unspecified atom stereocenters. The molecule has 0 amide bonds. The van der Waals surface area contributed by atoms with E-state index in [1.165, 1.54) is 7.11 Å². The topological polar surface area (TPSA) is 52.3 Å². The minimum atomic E-state index is -0.370. The van der Waals surface area contributed by atoms with Gasteiger partial charge in [-0.05, 0) is 31.0 Å². The number of hydrogen-bond donors (Lipinski definition) is 1. The quantitative estimate of drug-likeness (QED) is 0.612. The van der Waals surface area contributed by atoms with E-state index >= 15 is 0 Å². The molecule has 0 heterocycles. The fraction of sp³-hybridized carbons (Fsp3) is 0.273. The minimum absolute atomic E-state index is 0.302. The van der Waals surface area contributed by atoms with Gasteiger partial charge in [-0.15, -0.1) is 0 Å². The normalized spacial score (nSPS) is 9.80. The van der Waals surface area contributed by atoms with Gasteiger partial charge in [-0.25, -0.2) is 4.79 Å². The zero-order valence-corrected chi connectivity index (χ0v) is 9.77. The van der Waals surface area contributed by atoms with Crippen LogP contribution in [0.2, 0.25) is 0 Å². The van der Waals surface area contributed by atoms with Gasteiger partial charge in [-0.1, -0.05) is 18.3 Å². The summed E-state index contributed by atoms with van der Waals surface area (Å²) in [5.41, 5.74) is 8.61. The average Bonchev–Trinajstić information content (AvgIpc) is 2.16. The van der Waals surface area contributed by atoms with Gasteiger partial charge in [-0.2, -0.15) is 0 Å². The van der Waals surface area contributed by atoms with Crippen LogP contribution < -0.4 is 5.73 Å². The second-order valence-corrected chi connectivity index (χ2v) is 3.73. The van der Waals surface area contributed by atoms with Gasteiger partial charge in [-0.3, -0.25) is 0 Å². The fourth-order valence-electron chi connectivity index (χ4n) is 1.56. The Labute approximate surface area is 94.2 Å². The zero-order valence-electron chi connectivity index (χ0n) is 8.96. The Morgan fingerprint density at radius 3 is 2.47 bits per heavy atom. The van der Waals surface area contributed by atoms with Gasteiger partial charge in [0.05, 0.1) is 12.7 Å². The highest BCUT2D eigenvalue weighted by Gasteiger charge is 2.14. The Bertz CT molecular complexity index is 427. The highest BCUT2D eigenvalue weighted by atomic mass is 32.1. The van der Waals surface area contributed by atoms with Crippen molar-refractivity contribution in [2.45, 2.75) is 13.8 Å². The number of ether oxygens (including phenoxy) is 1. The molecule has 80 valence electrons. The molecule has 2 N–H and O–H groups in total. The molecule has 0 aliphatic rings. The molecular weight excluding hydrogens is 210 g/mol. The van der Waals surface area contributed by atoms with Crippen LogP contribution in [-0.4, -0.2) is 18.1 Å². The molecule has 0 aliphatic carbocycles. The lowest BCUT2D eigenvalue weighted by molar-refractivity contribution is 0.0600. The SMILES string of the molecule is COC(=O)c1ccc(C)c(C(N)=S)c1C. The summed E-state index contributed by atoms with van der Waals surface area (Å²) in [4.78, 5) is 11.7. The number of aryl methyl sites for hydroxylation is 1. The van der Waals surface area contributed by atoms with Crippen molar-refractivity contribution in [3.8, 4) is 0 Å². The van der Waals surface area contributed by atoms with Crippen molar-refractivity contribution in [2.75, 3.05) is 7.11 Å². The van der Waals surface area contributed by atoms with Crippen LogP contribution in [0.5, 0.6) is 0 Å². The first kappa shape index (κ1) is 11.7. The number of methoxy groups -OCH3 is 1. The molecule has 3 nitrogen and oxygen atoms in total. The van der Waals surface area contributed by atoms with E-state index in [-0.39, 0.29) is 5.97 Å². The third-order valence-electron chi connectivity index (χ3n) is 2.33. The number of carbonyl (C=O) groups is 1. The lowest BCUT2D eigenvalue weighted by Crippen LogP contribution is -2.16. The number of benzene rings is 1. The van der Waals surface area contributed by atoms with Crippen LogP contribution in [0.25, 0.3) is 0 Å². The largest absolute Gasteiger partial charge is 0.465 e. The fourth-order valence-corrected chi connectivity index (χ4v) is 1.87. The van der Waals surface area contributed by atoms with E-state index in [4.69, 9.17) is 18.0 Å². The van der Waals surface area contributed by atoms with Crippen molar-refractivity contribution in [1.29, 1.82) is 0 Å². The third kappa shape index (κ3) is 2.15. The van der Waals surface area contributed by atoms with Crippen molar-refractivity contribution in [1.82, 2.24) is 0 Å². The van der Waals surface area contributed by atoms with Gasteiger partial charge in [0.15, 0.2) is 0 Å². The van der Waals surface area contributed by atoms with Gasteiger partial charge < -0.3 is 10.5 Å². The first-order valence-electron chi connectivity index (χ1n) is 4.47. The molecule has 0 fully saturated rings. The number of esters is 1. The van der Waals surface area contributed by atoms with Crippen molar-refractivity contribution in [3.63, 3.8) is 0 Å². The van der Waals surface area contributed by atoms with E-state index in [1.54, 1.807) is 6.07 Å². The summed E-state index contributed by atoms with van der Waals surface area (Å²) in [6.07, 6.45) is 0. The van der Waals surface area contributed by atoms with E-state index in [0.29, 0.717) is 10.6 Å². The molecule has 0 atom stereocenters. The maximum atomic E-state index is 11.4. The van der Waals surface area contributed by atoms with Crippen LogP contribution in [-0.2, 0) is 4.74 Å². The number of rotatable bonds is 2. The van der Waals surface area contributed by atoms with E-state index in [2.05, 4.69) is 4.74 Å². The summed E-state index contributed by atoms with van der Waals surface area (Å²) in [5.74, 6) is -0.370. The molecule has 1 rings (SSSR count). The first-order valence-corrected chi connectivity index (χ1v) is 4.88. The van der Waals surface area contributed by atoms with Crippen LogP contribution in [0, 0.1) is 13.8 Å². The van der Waals surface area contributed by atoms with Crippen molar-refractivity contribution in [3.05, 3.63) is 34.4 Å². The maximum Gasteiger partial charge on any atom is 0.338 e. The van der Waals surface area contributed by atoms with Crippen LogP contribution >= 0.6 is 12.2 Å². The molecular formula is C11H13NO2S. The molecule has 0 spiro atoms. The second kappa shape index (κ2) is 4.40. The molecule has 1 aromatic rings. The predicted octanol–water partition coefficient (Wildman–Crippen LogP) is 1.72. The van der Waals surface area contributed by atoms with Crippen LogP contribution in [0.15, 0.2) is 12.1 Å². The molecule has 0 saturated heterocycles. The molecule has 15 heavy (non-hydrogen) atoms. The zero-order chi connectivity index (χ0) is 11.6. The molecule has 4 heteroatoms. The number of nitrogens with two attached hydrogens (primary N) is 1. The van der Waals surface area contributed by atoms with Crippen LogP contribution in [0.1, 0.15) is 27.0 Å². The van der Waals surface area contributed by atoms with Crippen molar-refractivity contribution < 1.29 is 9.53 Å². The smallest absolute Gasteiger partial charge is 0.338 e. The summed E-state index contributed by atoms with van der Waals surface area (Å²) in [7, 11) is 1.35. The number of thiocarbonyl (C=S) groups is 1. The van der Waals surface area contributed by atoms with Crippen LogP contribution in [0.3, 0.4) is 0 Å². The molecule has 1 aromatic carbocycles. The monoisotopic (exact) mass is 223 g/mol. The predicted molar refractivity (Wildman–Crippen MR) is 63.1 cm³/mol. The summed E-state index contributed by atoms with van der Waals surface area (Å²) < 4.78 is 4.67. The Morgan fingerprint density at radius 1 is 1.40 bits per heavy atom. The first-order chi connectivity index (χ1) is 6.99. The Kier molecular flexibility index (Phi) is 3.42.